The summed E-state index contributed by atoms with van der Waals surface area (Å²) in [6.07, 6.45) is -16.3. The summed E-state index contributed by atoms with van der Waals surface area (Å²) in [5, 5.41) is 2.56. The molecule has 0 radical (unpaired) electrons. The molecule has 3 atom stereocenters. The van der Waals surface area contributed by atoms with Crippen LogP contribution in [-0.4, -0.2) is 46.9 Å². The zero-order valence-electron chi connectivity index (χ0n) is 20.4. The molecule has 6 nitrogen and oxygen atoms in total. The summed E-state index contributed by atoms with van der Waals surface area (Å²) in [7, 11) is 0. The third-order valence-corrected chi connectivity index (χ3v) is 6.68. The zero-order valence-corrected chi connectivity index (χ0v) is 20.4. The summed E-state index contributed by atoms with van der Waals surface area (Å²) in [4.78, 5) is 44.6. The number of hydrogen-bond acceptors (Lipinski definition) is 4. The Hall–Kier alpha value is -3.77. The van der Waals surface area contributed by atoms with Crippen molar-refractivity contribution in [1.82, 2.24) is 4.90 Å². The fraction of sp³-hybridized carbons (Fsp3) is 0.385. The number of amides is 3. The average molecular weight is 557 g/mol. The second-order valence-corrected chi connectivity index (χ2v) is 9.42. The molecule has 0 bridgehead atoms. The summed E-state index contributed by atoms with van der Waals surface area (Å²) >= 11 is 0. The number of rotatable bonds is 6. The van der Waals surface area contributed by atoms with Gasteiger partial charge in [0.2, 0.25) is 18.0 Å². The van der Waals surface area contributed by atoms with Crippen LogP contribution in [0, 0.1) is 24.6 Å². The summed E-state index contributed by atoms with van der Waals surface area (Å²) < 4.78 is 91.8. The van der Waals surface area contributed by atoms with Crippen LogP contribution in [0.25, 0.3) is 0 Å². The summed E-state index contributed by atoms with van der Waals surface area (Å²) in [5.41, 5.74) is 1.29. The first-order valence-corrected chi connectivity index (χ1v) is 11.9. The smallest absolute Gasteiger partial charge is 0.322 e. The normalized spacial score (nSPS) is 21.9. The molecule has 0 aliphatic carbocycles. The van der Waals surface area contributed by atoms with Gasteiger partial charge in [-0.3, -0.25) is 14.4 Å². The number of alkyl halides is 6. The van der Waals surface area contributed by atoms with Crippen molar-refractivity contribution >= 4 is 29.1 Å². The molecule has 3 amide bonds. The molecule has 1 N–H and O–H groups in total. The highest BCUT2D eigenvalue weighted by molar-refractivity contribution is 6.21. The van der Waals surface area contributed by atoms with Crippen molar-refractivity contribution in [3.8, 4) is 0 Å². The van der Waals surface area contributed by atoms with Crippen molar-refractivity contribution in [1.29, 1.82) is 0 Å². The van der Waals surface area contributed by atoms with Gasteiger partial charge in [-0.25, -0.2) is 14.3 Å². The van der Waals surface area contributed by atoms with Crippen molar-refractivity contribution in [2.45, 2.75) is 51.1 Å². The van der Waals surface area contributed by atoms with Crippen LogP contribution >= 0.6 is 0 Å². The molecule has 2 aliphatic heterocycles. The number of aliphatic imine (C=N–C) groups is 1. The number of anilines is 1. The molecule has 2 heterocycles. The first kappa shape index (κ1) is 28.2. The van der Waals surface area contributed by atoms with Gasteiger partial charge in [-0.05, 0) is 37.5 Å². The Morgan fingerprint density at radius 1 is 0.872 bits per heavy atom. The van der Waals surface area contributed by atoms with Gasteiger partial charge in [0.1, 0.15) is 5.82 Å². The molecule has 2 aromatic rings. The minimum Gasteiger partial charge on any atom is -0.322 e. The number of halogens is 7. The Kier molecular flexibility index (Phi) is 7.55. The number of carbonyl (C=O) groups is 3. The van der Waals surface area contributed by atoms with Crippen molar-refractivity contribution in [3.63, 3.8) is 0 Å². The minimum absolute atomic E-state index is 0.00253. The molecule has 208 valence electrons. The number of benzodiazepines with no additional fused rings is 1. The molecule has 0 spiro atoms. The van der Waals surface area contributed by atoms with Crippen LogP contribution in [0.3, 0.4) is 0 Å². The predicted molar refractivity (Wildman–Crippen MR) is 125 cm³/mol. The number of nitrogens with one attached hydrogen (secondary N) is 1. The molecule has 0 saturated carbocycles. The van der Waals surface area contributed by atoms with Gasteiger partial charge < -0.3 is 5.32 Å². The first-order chi connectivity index (χ1) is 18.2. The molecule has 0 unspecified atom stereocenters. The Morgan fingerprint density at radius 2 is 1.44 bits per heavy atom. The quantitative estimate of drug-likeness (QED) is 0.375. The van der Waals surface area contributed by atoms with Crippen molar-refractivity contribution in [2.75, 3.05) is 5.32 Å². The SMILES string of the molecule is Cc1cccc2c1NC(=O)[C@H](N1C(=O)[C@@H](CCC(F)(F)F)[C@@H](CCC(F)(F)F)C1=O)N=C2c1cccc(F)c1. The van der Waals surface area contributed by atoms with Gasteiger partial charge >= 0.3 is 12.4 Å². The Morgan fingerprint density at radius 3 is 1.97 bits per heavy atom. The van der Waals surface area contributed by atoms with Crippen LogP contribution in [0.15, 0.2) is 47.5 Å². The van der Waals surface area contributed by atoms with Crippen LogP contribution in [0.2, 0.25) is 0 Å². The lowest BCUT2D eigenvalue weighted by Crippen LogP contribution is -2.46. The van der Waals surface area contributed by atoms with Crippen molar-refractivity contribution in [2.24, 2.45) is 16.8 Å². The van der Waals surface area contributed by atoms with Gasteiger partial charge in [0.05, 0.1) is 23.2 Å². The van der Waals surface area contributed by atoms with E-state index in [2.05, 4.69) is 10.3 Å². The lowest BCUT2D eigenvalue weighted by atomic mass is 9.87. The van der Waals surface area contributed by atoms with Crippen LogP contribution in [-0.2, 0) is 14.4 Å². The largest absolute Gasteiger partial charge is 0.389 e. The van der Waals surface area contributed by atoms with Gasteiger partial charge in [0.15, 0.2) is 0 Å². The van der Waals surface area contributed by atoms with Gasteiger partial charge in [-0.15, -0.1) is 0 Å². The van der Waals surface area contributed by atoms with Crippen LogP contribution in [0.1, 0.15) is 42.4 Å². The summed E-state index contributed by atoms with van der Waals surface area (Å²) in [6, 6.07) is 9.92. The Labute approximate surface area is 217 Å². The number of para-hydroxylation sites is 1. The Bertz CT molecular complexity index is 1300. The zero-order chi connectivity index (χ0) is 28.7. The van der Waals surface area contributed by atoms with E-state index >= 15 is 0 Å². The van der Waals surface area contributed by atoms with E-state index in [1.807, 2.05) is 0 Å². The highest BCUT2D eigenvalue weighted by atomic mass is 19.4. The van der Waals surface area contributed by atoms with Crippen LogP contribution in [0.4, 0.5) is 36.4 Å². The van der Waals surface area contributed by atoms with Crippen molar-refractivity contribution in [3.05, 3.63) is 65.0 Å². The Balaban J connectivity index is 1.80. The molecule has 0 aromatic heterocycles. The second-order valence-electron chi connectivity index (χ2n) is 9.42. The number of fused-ring (bicyclic) bond motifs is 1. The maximum absolute atomic E-state index is 14.1. The van der Waals surface area contributed by atoms with Gasteiger partial charge in [0.25, 0.3) is 5.91 Å². The molecular weight excluding hydrogens is 535 g/mol. The average Bonchev–Trinajstić information content (AvgIpc) is 2.95. The van der Waals surface area contributed by atoms with E-state index in [0.717, 1.165) is 12.1 Å². The van der Waals surface area contributed by atoms with Gasteiger partial charge in [0, 0.05) is 24.0 Å². The molecule has 1 fully saturated rings. The number of aryl methyl sites for hydroxylation is 1. The van der Waals surface area contributed by atoms with Crippen LogP contribution < -0.4 is 5.32 Å². The lowest BCUT2D eigenvalue weighted by molar-refractivity contribution is -0.147. The van der Waals surface area contributed by atoms with E-state index < -0.39 is 79.6 Å². The highest BCUT2D eigenvalue weighted by Crippen LogP contribution is 2.40. The van der Waals surface area contributed by atoms with Gasteiger partial charge in [-0.2, -0.15) is 26.3 Å². The molecular formula is C26H22F7N3O3. The number of hydrogen-bond donors (Lipinski definition) is 1. The number of benzene rings is 2. The van der Waals surface area contributed by atoms with Crippen molar-refractivity contribution < 1.29 is 45.1 Å². The molecule has 4 rings (SSSR count). The van der Waals surface area contributed by atoms with E-state index in [9.17, 15) is 45.1 Å². The van der Waals surface area contributed by atoms with E-state index in [1.54, 1.807) is 25.1 Å². The summed E-state index contributed by atoms with van der Waals surface area (Å²) in [6.45, 7) is 1.65. The molecule has 13 heteroatoms. The van der Waals surface area contributed by atoms with Gasteiger partial charge in [-0.1, -0.05) is 30.3 Å². The maximum Gasteiger partial charge on any atom is 0.389 e. The first-order valence-electron chi connectivity index (χ1n) is 11.9. The summed E-state index contributed by atoms with van der Waals surface area (Å²) in [5.74, 6) is -7.55. The fourth-order valence-electron chi connectivity index (χ4n) is 4.85. The van der Waals surface area contributed by atoms with E-state index in [0.29, 0.717) is 16.0 Å². The predicted octanol–water partition coefficient (Wildman–Crippen LogP) is 5.54. The van der Waals surface area contributed by atoms with E-state index in [1.165, 1.54) is 12.1 Å². The van der Waals surface area contributed by atoms with Crippen LogP contribution in [0.5, 0.6) is 0 Å². The maximum atomic E-state index is 14.1. The third kappa shape index (κ3) is 6.12. The monoisotopic (exact) mass is 557 g/mol. The fourth-order valence-corrected chi connectivity index (χ4v) is 4.85. The molecule has 1 saturated heterocycles. The van der Waals surface area contributed by atoms with E-state index in [-0.39, 0.29) is 17.0 Å². The topological polar surface area (TPSA) is 78.8 Å². The number of imide groups is 1. The van der Waals surface area contributed by atoms with E-state index in [4.69, 9.17) is 0 Å². The lowest BCUT2D eigenvalue weighted by Gasteiger charge is -2.22. The third-order valence-electron chi connectivity index (χ3n) is 6.68. The highest BCUT2D eigenvalue weighted by Gasteiger charge is 2.53. The molecule has 2 aliphatic rings. The molecule has 2 aromatic carbocycles. The standard InChI is InChI=1S/C26H22F7N3O3/c1-13-4-2-7-18-19(13)35-22(37)21(34-20(18)14-5-3-6-15(27)12-14)36-23(38)16(8-10-25(28,29)30)17(24(36)39)9-11-26(31,32)33/h2-7,12,16-17,21H,8-11H2,1H3,(H,35,37)/t16-,17+,21-/m0/s1. The number of nitrogens with zero attached hydrogens (tertiary/aromatic N) is 2. The number of carbonyl (C=O) groups excluding carboxylic acids is 3. The second kappa shape index (κ2) is 10.4. The molecule has 39 heavy (non-hydrogen) atoms. The number of likely N-dealkylation sites (tertiary alicyclic amines) is 1. The minimum atomic E-state index is -4.73.